The molecule has 0 radical (unpaired) electrons. The lowest BCUT2D eigenvalue weighted by molar-refractivity contribution is -0.116. The lowest BCUT2D eigenvalue weighted by atomic mass is 9.96. The third kappa shape index (κ3) is 5.89. The van der Waals surface area contributed by atoms with Gasteiger partial charge in [0.15, 0.2) is 0 Å². The van der Waals surface area contributed by atoms with Crippen molar-refractivity contribution in [2.45, 2.75) is 32.6 Å². The summed E-state index contributed by atoms with van der Waals surface area (Å²) in [5.41, 5.74) is 6.19. The number of nitrogens with zero attached hydrogens (tertiary/aromatic N) is 1. The van der Waals surface area contributed by atoms with E-state index in [1.54, 1.807) is 12.3 Å². The number of amides is 1. The highest BCUT2D eigenvalue weighted by Crippen LogP contribution is 2.23. The highest BCUT2D eigenvalue weighted by atomic mass is 79.9. The molecule has 0 fully saturated rings. The van der Waals surface area contributed by atoms with Crippen molar-refractivity contribution >= 4 is 39.1 Å². The van der Waals surface area contributed by atoms with Gasteiger partial charge in [-0.25, -0.2) is 4.98 Å². The van der Waals surface area contributed by atoms with Crippen LogP contribution in [0.5, 0.6) is 0 Å². The topological polar surface area (TPSA) is 68.0 Å². The number of hydrogen-bond donors (Lipinski definition) is 2. The highest BCUT2D eigenvalue weighted by molar-refractivity contribution is 9.10. The molecule has 0 saturated heterocycles. The van der Waals surface area contributed by atoms with Crippen molar-refractivity contribution in [1.29, 1.82) is 0 Å². The molecule has 106 valence electrons. The molecular weight excluding hydrogens is 330 g/mol. The van der Waals surface area contributed by atoms with Gasteiger partial charge in [0.1, 0.15) is 5.15 Å². The first-order valence-electron chi connectivity index (χ1n) is 6.37. The van der Waals surface area contributed by atoms with E-state index in [1.165, 1.54) is 0 Å². The second kappa shape index (κ2) is 8.51. The summed E-state index contributed by atoms with van der Waals surface area (Å²) >= 11 is 9.06. The van der Waals surface area contributed by atoms with Crippen molar-refractivity contribution in [2.75, 3.05) is 11.9 Å². The Bertz CT molecular complexity index is 428. The first kappa shape index (κ1) is 16.4. The lowest BCUT2D eigenvalue weighted by Gasteiger charge is -2.13. The summed E-state index contributed by atoms with van der Waals surface area (Å²) in [7, 11) is 0. The van der Waals surface area contributed by atoms with E-state index in [-0.39, 0.29) is 5.91 Å². The number of carbonyl (C=O) groups excluding carboxylic acids is 1. The molecule has 1 heterocycles. The van der Waals surface area contributed by atoms with Crippen LogP contribution in [0.15, 0.2) is 16.7 Å². The van der Waals surface area contributed by atoms with Gasteiger partial charge in [-0.3, -0.25) is 4.79 Å². The van der Waals surface area contributed by atoms with E-state index in [9.17, 15) is 4.79 Å². The molecule has 1 amide bonds. The third-order valence-corrected chi connectivity index (χ3v) is 4.15. The highest BCUT2D eigenvalue weighted by Gasteiger charge is 2.10. The summed E-state index contributed by atoms with van der Waals surface area (Å²) in [5.74, 6) is 0.511. The van der Waals surface area contributed by atoms with E-state index < -0.39 is 0 Å². The normalized spacial score (nSPS) is 12.2. The Hall–Kier alpha value is -0.650. The molecule has 1 aromatic heterocycles. The molecule has 0 aliphatic rings. The van der Waals surface area contributed by atoms with Gasteiger partial charge in [-0.15, -0.1) is 0 Å². The smallest absolute Gasteiger partial charge is 0.224 e. The molecule has 1 rings (SSSR count). The number of hydrogen-bond acceptors (Lipinski definition) is 3. The minimum atomic E-state index is -0.00788. The number of rotatable bonds is 7. The molecule has 0 saturated carbocycles. The van der Waals surface area contributed by atoms with Crippen molar-refractivity contribution in [2.24, 2.45) is 11.7 Å². The van der Waals surface area contributed by atoms with Crippen molar-refractivity contribution in [3.63, 3.8) is 0 Å². The SMILES string of the molecule is CCC(CCN)CCC(=O)Nc1cnc(Cl)c(Br)c1. The number of anilines is 1. The fourth-order valence-corrected chi connectivity index (χ4v) is 2.29. The standard InChI is InChI=1S/C13H19BrClN3O/c1-2-9(5-6-16)3-4-12(19)18-10-7-11(14)13(15)17-8-10/h7-9H,2-6,16H2,1H3,(H,18,19). The Balaban J connectivity index is 2.44. The maximum absolute atomic E-state index is 11.8. The summed E-state index contributed by atoms with van der Waals surface area (Å²) in [4.78, 5) is 15.8. The lowest BCUT2D eigenvalue weighted by Crippen LogP contribution is -2.15. The van der Waals surface area contributed by atoms with Crippen LogP contribution >= 0.6 is 27.5 Å². The van der Waals surface area contributed by atoms with Crippen LogP contribution in [0.3, 0.4) is 0 Å². The summed E-state index contributed by atoms with van der Waals surface area (Å²) < 4.78 is 0.668. The summed E-state index contributed by atoms with van der Waals surface area (Å²) in [5, 5.41) is 3.19. The number of aromatic nitrogens is 1. The fourth-order valence-electron chi connectivity index (χ4n) is 1.84. The van der Waals surface area contributed by atoms with Crippen molar-refractivity contribution < 1.29 is 4.79 Å². The molecular formula is C13H19BrClN3O. The average molecular weight is 349 g/mol. The molecule has 3 N–H and O–H groups in total. The van der Waals surface area contributed by atoms with Gasteiger partial charge in [-0.1, -0.05) is 24.9 Å². The van der Waals surface area contributed by atoms with Crippen molar-refractivity contribution in [1.82, 2.24) is 4.98 Å². The van der Waals surface area contributed by atoms with Gasteiger partial charge in [0.05, 0.1) is 16.4 Å². The number of carbonyl (C=O) groups is 1. The van der Waals surface area contributed by atoms with Gasteiger partial charge in [0.2, 0.25) is 5.91 Å². The molecule has 0 bridgehead atoms. The molecule has 4 nitrogen and oxygen atoms in total. The van der Waals surface area contributed by atoms with Gasteiger partial charge in [-0.2, -0.15) is 0 Å². The summed E-state index contributed by atoms with van der Waals surface area (Å²) in [6, 6.07) is 1.74. The molecule has 0 spiro atoms. The van der Waals surface area contributed by atoms with Crippen LogP contribution < -0.4 is 11.1 Å². The number of nitrogens with two attached hydrogens (primary N) is 1. The predicted octanol–water partition coefficient (Wildman–Crippen LogP) is 3.59. The van der Waals surface area contributed by atoms with Crippen molar-refractivity contribution in [3.8, 4) is 0 Å². The van der Waals surface area contributed by atoms with Gasteiger partial charge in [0, 0.05) is 6.42 Å². The van der Waals surface area contributed by atoms with E-state index in [0.29, 0.717) is 34.2 Å². The Morgan fingerprint density at radius 1 is 1.58 bits per heavy atom. The van der Waals surface area contributed by atoms with E-state index in [0.717, 1.165) is 19.3 Å². The van der Waals surface area contributed by atoms with Crippen LogP contribution in [0.4, 0.5) is 5.69 Å². The number of pyridine rings is 1. The third-order valence-electron chi connectivity index (χ3n) is 3.01. The molecule has 6 heteroatoms. The zero-order chi connectivity index (χ0) is 14.3. The first-order chi connectivity index (χ1) is 9.06. The van der Waals surface area contributed by atoms with E-state index in [4.69, 9.17) is 17.3 Å². The van der Waals surface area contributed by atoms with Crippen LogP contribution in [0.1, 0.15) is 32.6 Å². The monoisotopic (exact) mass is 347 g/mol. The maximum atomic E-state index is 11.8. The number of halogens is 2. The minimum Gasteiger partial charge on any atom is -0.330 e. The summed E-state index contributed by atoms with van der Waals surface area (Å²) in [6.45, 7) is 2.80. The average Bonchev–Trinajstić information content (AvgIpc) is 2.39. The van der Waals surface area contributed by atoms with Crippen LogP contribution in [-0.2, 0) is 4.79 Å². The Labute approximate surface area is 127 Å². The van der Waals surface area contributed by atoms with Crippen LogP contribution in [0, 0.1) is 5.92 Å². The van der Waals surface area contributed by atoms with Crippen LogP contribution in [0.2, 0.25) is 5.15 Å². The van der Waals surface area contributed by atoms with E-state index in [2.05, 4.69) is 33.2 Å². The van der Waals surface area contributed by atoms with E-state index in [1.807, 2.05) is 0 Å². The molecule has 0 aromatic carbocycles. The van der Waals surface area contributed by atoms with Gasteiger partial charge >= 0.3 is 0 Å². The maximum Gasteiger partial charge on any atom is 0.224 e. The fraction of sp³-hybridized carbons (Fsp3) is 0.538. The van der Waals surface area contributed by atoms with E-state index >= 15 is 0 Å². The van der Waals surface area contributed by atoms with Gasteiger partial charge in [0.25, 0.3) is 0 Å². The van der Waals surface area contributed by atoms with Gasteiger partial charge < -0.3 is 11.1 Å². The molecule has 0 aliphatic carbocycles. The van der Waals surface area contributed by atoms with Crippen LogP contribution in [0.25, 0.3) is 0 Å². The molecule has 1 unspecified atom stereocenters. The quantitative estimate of drug-likeness (QED) is 0.740. The number of nitrogens with one attached hydrogen (secondary N) is 1. The Kier molecular flexibility index (Phi) is 7.34. The largest absolute Gasteiger partial charge is 0.330 e. The zero-order valence-electron chi connectivity index (χ0n) is 11.0. The Morgan fingerprint density at radius 3 is 2.89 bits per heavy atom. The second-order valence-electron chi connectivity index (χ2n) is 4.44. The zero-order valence-corrected chi connectivity index (χ0v) is 13.3. The Morgan fingerprint density at radius 2 is 2.32 bits per heavy atom. The molecule has 1 atom stereocenters. The molecule has 0 aliphatic heterocycles. The summed E-state index contributed by atoms with van der Waals surface area (Å²) in [6.07, 6.45) is 4.93. The second-order valence-corrected chi connectivity index (χ2v) is 5.65. The molecule has 1 aromatic rings. The predicted molar refractivity (Wildman–Crippen MR) is 82.3 cm³/mol. The van der Waals surface area contributed by atoms with Crippen LogP contribution in [-0.4, -0.2) is 17.4 Å². The van der Waals surface area contributed by atoms with Gasteiger partial charge in [-0.05, 0) is 47.3 Å². The first-order valence-corrected chi connectivity index (χ1v) is 7.54. The molecule has 19 heavy (non-hydrogen) atoms. The van der Waals surface area contributed by atoms with Crippen molar-refractivity contribution in [3.05, 3.63) is 21.9 Å². The minimum absolute atomic E-state index is 0.00788.